The fourth-order valence-corrected chi connectivity index (χ4v) is 1.70. The molecule has 1 rings (SSSR count). The van der Waals surface area contributed by atoms with Gasteiger partial charge < -0.3 is 10.1 Å². The standard InChI is InChI=1S/C14H23NO/c1-4-15-11-12(2)5-6-13-7-9-14(16-3)10-8-13/h7-10,12,15H,4-6,11H2,1-3H3. The molecule has 0 fully saturated rings. The van der Waals surface area contributed by atoms with Crippen LogP contribution in [0.4, 0.5) is 0 Å². The van der Waals surface area contributed by atoms with Crippen LogP contribution in [0.1, 0.15) is 25.8 Å². The summed E-state index contributed by atoms with van der Waals surface area (Å²) in [6, 6.07) is 8.37. The maximum atomic E-state index is 5.14. The SMILES string of the molecule is CCNCC(C)CCc1ccc(OC)cc1. The molecule has 0 aromatic heterocycles. The molecule has 1 aromatic rings. The van der Waals surface area contributed by atoms with Crippen molar-refractivity contribution in [1.29, 1.82) is 0 Å². The molecule has 2 nitrogen and oxygen atoms in total. The summed E-state index contributed by atoms with van der Waals surface area (Å²) >= 11 is 0. The van der Waals surface area contributed by atoms with Gasteiger partial charge in [0, 0.05) is 0 Å². The second-order valence-corrected chi connectivity index (χ2v) is 4.30. The number of benzene rings is 1. The summed E-state index contributed by atoms with van der Waals surface area (Å²) in [6.45, 7) is 6.63. The predicted octanol–water partition coefficient (Wildman–Crippen LogP) is 2.87. The summed E-state index contributed by atoms with van der Waals surface area (Å²) in [5.74, 6) is 1.67. The van der Waals surface area contributed by atoms with E-state index < -0.39 is 0 Å². The highest BCUT2D eigenvalue weighted by molar-refractivity contribution is 5.27. The van der Waals surface area contributed by atoms with Crippen LogP contribution in [-0.4, -0.2) is 20.2 Å². The van der Waals surface area contributed by atoms with Crippen LogP contribution in [0.15, 0.2) is 24.3 Å². The van der Waals surface area contributed by atoms with E-state index in [0.29, 0.717) is 0 Å². The van der Waals surface area contributed by atoms with Crippen LogP contribution in [0.3, 0.4) is 0 Å². The van der Waals surface area contributed by atoms with Gasteiger partial charge in [-0.1, -0.05) is 26.0 Å². The molecule has 0 saturated carbocycles. The molecular weight excluding hydrogens is 198 g/mol. The molecule has 90 valence electrons. The minimum absolute atomic E-state index is 0.738. The number of aryl methyl sites for hydroxylation is 1. The smallest absolute Gasteiger partial charge is 0.118 e. The second kappa shape index (κ2) is 7.29. The van der Waals surface area contributed by atoms with Crippen molar-refractivity contribution in [2.45, 2.75) is 26.7 Å². The van der Waals surface area contributed by atoms with Crippen LogP contribution in [0, 0.1) is 5.92 Å². The fraction of sp³-hybridized carbons (Fsp3) is 0.571. The average Bonchev–Trinajstić information content (AvgIpc) is 2.34. The first-order chi connectivity index (χ1) is 7.76. The van der Waals surface area contributed by atoms with E-state index in [1.807, 2.05) is 12.1 Å². The number of ether oxygens (including phenoxy) is 1. The first-order valence-corrected chi connectivity index (χ1v) is 6.10. The molecule has 0 aliphatic rings. The first kappa shape index (κ1) is 13.0. The molecule has 1 unspecified atom stereocenters. The molecule has 0 radical (unpaired) electrons. The van der Waals surface area contributed by atoms with E-state index in [-0.39, 0.29) is 0 Å². The predicted molar refractivity (Wildman–Crippen MR) is 69.0 cm³/mol. The summed E-state index contributed by atoms with van der Waals surface area (Å²) < 4.78 is 5.14. The van der Waals surface area contributed by atoms with Gasteiger partial charge in [0.15, 0.2) is 0 Å². The van der Waals surface area contributed by atoms with Crippen LogP contribution in [0.2, 0.25) is 0 Å². The molecule has 0 spiro atoms. The number of nitrogens with one attached hydrogen (secondary N) is 1. The van der Waals surface area contributed by atoms with Crippen LogP contribution in [0.25, 0.3) is 0 Å². The number of hydrogen-bond donors (Lipinski definition) is 1. The van der Waals surface area contributed by atoms with E-state index in [1.54, 1.807) is 7.11 Å². The van der Waals surface area contributed by atoms with Crippen molar-refractivity contribution < 1.29 is 4.74 Å². The maximum Gasteiger partial charge on any atom is 0.118 e. The third-order valence-electron chi connectivity index (χ3n) is 2.83. The molecule has 16 heavy (non-hydrogen) atoms. The Hall–Kier alpha value is -1.02. The summed E-state index contributed by atoms with van der Waals surface area (Å²) in [6.07, 6.45) is 2.38. The zero-order valence-corrected chi connectivity index (χ0v) is 10.6. The zero-order valence-electron chi connectivity index (χ0n) is 10.6. The lowest BCUT2D eigenvalue weighted by atomic mass is 10.0. The van der Waals surface area contributed by atoms with Gasteiger partial charge in [0.1, 0.15) is 5.75 Å². The minimum Gasteiger partial charge on any atom is -0.497 e. The van der Waals surface area contributed by atoms with Gasteiger partial charge in [0.25, 0.3) is 0 Å². The third kappa shape index (κ3) is 4.67. The third-order valence-corrected chi connectivity index (χ3v) is 2.83. The number of methoxy groups -OCH3 is 1. The summed E-state index contributed by atoms with van der Waals surface area (Å²) in [7, 11) is 1.70. The van der Waals surface area contributed by atoms with Gasteiger partial charge in [-0.15, -0.1) is 0 Å². The van der Waals surface area contributed by atoms with E-state index in [2.05, 4.69) is 31.3 Å². The van der Waals surface area contributed by atoms with Crippen LogP contribution in [0.5, 0.6) is 5.75 Å². The first-order valence-electron chi connectivity index (χ1n) is 6.10. The largest absolute Gasteiger partial charge is 0.497 e. The monoisotopic (exact) mass is 221 g/mol. The van der Waals surface area contributed by atoms with Crippen molar-refractivity contribution in [1.82, 2.24) is 5.32 Å². The number of hydrogen-bond acceptors (Lipinski definition) is 2. The second-order valence-electron chi connectivity index (χ2n) is 4.30. The Bertz CT molecular complexity index is 281. The van der Waals surface area contributed by atoms with Crippen molar-refractivity contribution in [3.63, 3.8) is 0 Å². The molecule has 0 saturated heterocycles. The van der Waals surface area contributed by atoms with E-state index in [4.69, 9.17) is 4.74 Å². The van der Waals surface area contributed by atoms with E-state index in [1.165, 1.54) is 12.0 Å². The van der Waals surface area contributed by atoms with Gasteiger partial charge in [-0.05, 0) is 49.5 Å². The zero-order chi connectivity index (χ0) is 11.8. The van der Waals surface area contributed by atoms with Crippen molar-refractivity contribution >= 4 is 0 Å². The molecule has 1 atom stereocenters. The molecular formula is C14H23NO. The van der Waals surface area contributed by atoms with E-state index in [0.717, 1.165) is 31.2 Å². The van der Waals surface area contributed by atoms with Gasteiger partial charge in [-0.2, -0.15) is 0 Å². The van der Waals surface area contributed by atoms with Gasteiger partial charge in [0.2, 0.25) is 0 Å². The van der Waals surface area contributed by atoms with Gasteiger partial charge >= 0.3 is 0 Å². The Balaban J connectivity index is 2.30. The van der Waals surface area contributed by atoms with E-state index >= 15 is 0 Å². The lowest BCUT2D eigenvalue weighted by molar-refractivity contribution is 0.414. The highest BCUT2D eigenvalue weighted by Gasteiger charge is 2.02. The Morgan fingerprint density at radius 3 is 2.50 bits per heavy atom. The molecule has 2 heteroatoms. The van der Waals surface area contributed by atoms with Crippen LogP contribution < -0.4 is 10.1 Å². The Morgan fingerprint density at radius 1 is 1.25 bits per heavy atom. The summed E-state index contributed by atoms with van der Waals surface area (Å²) in [5, 5.41) is 3.38. The summed E-state index contributed by atoms with van der Waals surface area (Å²) in [5.41, 5.74) is 1.39. The van der Waals surface area contributed by atoms with Crippen molar-refractivity contribution in [3.8, 4) is 5.75 Å². The average molecular weight is 221 g/mol. The number of rotatable bonds is 7. The fourth-order valence-electron chi connectivity index (χ4n) is 1.70. The van der Waals surface area contributed by atoms with E-state index in [9.17, 15) is 0 Å². The Labute approximate surface area is 99.0 Å². The van der Waals surface area contributed by atoms with Crippen molar-refractivity contribution in [2.24, 2.45) is 5.92 Å². The summed E-state index contributed by atoms with van der Waals surface area (Å²) in [4.78, 5) is 0. The molecule has 0 bridgehead atoms. The molecule has 0 aliphatic heterocycles. The molecule has 1 N–H and O–H groups in total. The van der Waals surface area contributed by atoms with Gasteiger partial charge in [-0.3, -0.25) is 0 Å². The van der Waals surface area contributed by atoms with Crippen molar-refractivity contribution in [3.05, 3.63) is 29.8 Å². The molecule has 1 aromatic carbocycles. The quantitative estimate of drug-likeness (QED) is 0.764. The topological polar surface area (TPSA) is 21.3 Å². The minimum atomic E-state index is 0.738. The van der Waals surface area contributed by atoms with Crippen molar-refractivity contribution in [2.75, 3.05) is 20.2 Å². The van der Waals surface area contributed by atoms with Crippen LogP contribution in [-0.2, 0) is 6.42 Å². The van der Waals surface area contributed by atoms with Gasteiger partial charge in [0.05, 0.1) is 7.11 Å². The van der Waals surface area contributed by atoms with Gasteiger partial charge in [-0.25, -0.2) is 0 Å². The molecule has 0 heterocycles. The molecule has 0 amide bonds. The maximum absolute atomic E-state index is 5.14. The Morgan fingerprint density at radius 2 is 1.94 bits per heavy atom. The highest BCUT2D eigenvalue weighted by atomic mass is 16.5. The lowest BCUT2D eigenvalue weighted by Gasteiger charge is -2.11. The Kier molecular flexibility index (Phi) is 5.94. The van der Waals surface area contributed by atoms with Crippen LogP contribution >= 0.6 is 0 Å². The lowest BCUT2D eigenvalue weighted by Crippen LogP contribution is -2.20. The normalized spacial score (nSPS) is 12.4. The molecule has 0 aliphatic carbocycles. The highest BCUT2D eigenvalue weighted by Crippen LogP contribution is 2.14.